The fourth-order valence-corrected chi connectivity index (χ4v) is 2.39. The summed E-state index contributed by atoms with van der Waals surface area (Å²) in [6.45, 7) is 7.17. The van der Waals surface area contributed by atoms with Gasteiger partial charge in [0.15, 0.2) is 0 Å². The third kappa shape index (κ3) is 5.38. The second-order valence-corrected chi connectivity index (χ2v) is 5.70. The number of nitrogens with one attached hydrogen (secondary N) is 1. The fraction of sp³-hybridized carbons (Fsp3) is 0.571. The molecule has 0 saturated heterocycles. The zero-order valence-corrected chi connectivity index (χ0v) is 13.3. The summed E-state index contributed by atoms with van der Waals surface area (Å²) in [6, 6.07) is 4.14. The second kappa shape index (κ2) is 7.77. The van der Waals surface area contributed by atoms with Crippen molar-refractivity contribution in [1.29, 1.82) is 0 Å². The molecule has 0 saturated carbocycles. The van der Waals surface area contributed by atoms with E-state index in [0.29, 0.717) is 13.2 Å². The topological polar surface area (TPSA) is 22.9 Å². The van der Waals surface area contributed by atoms with Crippen molar-refractivity contribution in [2.75, 3.05) is 40.5 Å². The van der Waals surface area contributed by atoms with E-state index in [-0.39, 0.29) is 0 Å². The van der Waals surface area contributed by atoms with Crippen molar-refractivity contribution in [2.24, 2.45) is 0 Å². The van der Waals surface area contributed by atoms with Crippen LogP contribution in [0.3, 0.4) is 0 Å². The van der Waals surface area contributed by atoms with Gasteiger partial charge in [-0.3, -0.25) is 0 Å². The van der Waals surface area contributed by atoms with Crippen LogP contribution < -0.4 is 9.64 Å². The van der Waals surface area contributed by atoms with E-state index in [9.17, 15) is 0 Å². The Morgan fingerprint density at radius 3 is 2.22 bits per heavy atom. The minimum absolute atomic E-state index is 0.603. The average molecular weight is 317 g/mol. The second-order valence-electron chi connectivity index (χ2n) is 4.79. The van der Waals surface area contributed by atoms with Crippen molar-refractivity contribution in [3.05, 3.63) is 27.7 Å². The molecule has 0 aliphatic rings. The van der Waals surface area contributed by atoms with E-state index in [4.69, 9.17) is 9.47 Å². The molecule has 0 atom stereocenters. The smallest absolute Gasteiger partial charge is 0.125 e. The Hall–Kier alpha value is -0.580. The Morgan fingerprint density at radius 1 is 1.06 bits per heavy atom. The van der Waals surface area contributed by atoms with Crippen LogP contribution in [0.15, 0.2) is 16.6 Å². The largest absolute Gasteiger partial charge is 0.491 e. The van der Waals surface area contributed by atoms with Crippen LogP contribution in [0.1, 0.15) is 11.1 Å². The van der Waals surface area contributed by atoms with Gasteiger partial charge < -0.3 is 14.4 Å². The van der Waals surface area contributed by atoms with Gasteiger partial charge in [-0.2, -0.15) is 0 Å². The SMILES string of the molecule is Cc1cc(Br)cc(C)c1OCCOCC[NH+](C)C. The Bertz CT molecular complexity index is 357. The molecule has 0 amide bonds. The highest BCUT2D eigenvalue weighted by Gasteiger charge is 2.05. The van der Waals surface area contributed by atoms with Crippen LogP contribution in [0.4, 0.5) is 0 Å². The number of halogens is 1. The number of aryl methyl sites for hydroxylation is 2. The number of ether oxygens (including phenoxy) is 2. The predicted octanol–water partition coefficient (Wildman–Crippen LogP) is 1.61. The molecule has 1 N–H and O–H groups in total. The molecule has 0 radical (unpaired) electrons. The summed E-state index contributed by atoms with van der Waals surface area (Å²) < 4.78 is 12.4. The molecule has 0 spiro atoms. The van der Waals surface area contributed by atoms with Crippen molar-refractivity contribution >= 4 is 15.9 Å². The van der Waals surface area contributed by atoms with Gasteiger partial charge in [0, 0.05) is 4.47 Å². The van der Waals surface area contributed by atoms with Crippen molar-refractivity contribution in [3.63, 3.8) is 0 Å². The molecule has 0 heterocycles. The van der Waals surface area contributed by atoms with Gasteiger partial charge in [0.1, 0.15) is 18.9 Å². The van der Waals surface area contributed by atoms with Gasteiger partial charge >= 0.3 is 0 Å². The number of rotatable bonds is 7. The molecule has 1 aromatic carbocycles. The molecule has 3 nitrogen and oxygen atoms in total. The molecule has 18 heavy (non-hydrogen) atoms. The maximum atomic E-state index is 5.78. The number of likely N-dealkylation sites (N-methyl/N-ethyl adjacent to an activating group) is 1. The van der Waals surface area contributed by atoms with Crippen LogP contribution in [0.2, 0.25) is 0 Å². The first kappa shape index (κ1) is 15.5. The lowest BCUT2D eigenvalue weighted by Gasteiger charge is -2.13. The van der Waals surface area contributed by atoms with Crippen molar-refractivity contribution in [3.8, 4) is 5.75 Å². The fourth-order valence-electron chi connectivity index (χ4n) is 1.71. The normalized spacial score (nSPS) is 11.0. The Balaban J connectivity index is 2.31. The molecule has 4 heteroatoms. The first-order chi connectivity index (χ1) is 8.50. The van der Waals surface area contributed by atoms with Crippen LogP contribution in [0.5, 0.6) is 5.75 Å². The lowest BCUT2D eigenvalue weighted by Crippen LogP contribution is -3.06. The van der Waals surface area contributed by atoms with Gasteiger partial charge in [-0.1, -0.05) is 15.9 Å². The average Bonchev–Trinajstić information content (AvgIpc) is 2.25. The zero-order valence-electron chi connectivity index (χ0n) is 11.7. The number of benzene rings is 1. The summed E-state index contributed by atoms with van der Waals surface area (Å²) in [6.07, 6.45) is 0. The zero-order chi connectivity index (χ0) is 13.5. The third-order valence-corrected chi connectivity index (χ3v) is 3.10. The molecular formula is C14H23BrNO2+. The van der Waals surface area contributed by atoms with Gasteiger partial charge in [-0.05, 0) is 37.1 Å². The molecule has 0 aromatic heterocycles. The van der Waals surface area contributed by atoms with E-state index in [2.05, 4.69) is 56.0 Å². The summed E-state index contributed by atoms with van der Waals surface area (Å²) >= 11 is 3.48. The van der Waals surface area contributed by atoms with E-state index in [1.165, 1.54) is 4.90 Å². The van der Waals surface area contributed by atoms with Crippen LogP contribution in [-0.2, 0) is 4.74 Å². The van der Waals surface area contributed by atoms with E-state index in [0.717, 1.165) is 34.5 Å². The van der Waals surface area contributed by atoms with Crippen LogP contribution in [-0.4, -0.2) is 40.5 Å². The van der Waals surface area contributed by atoms with E-state index < -0.39 is 0 Å². The van der Waals surface area contributed by atoms with Gasteiger partial charge in [-0.15, -0.1) is 0 Å². The highest BCUT2D eigenvalue weighted by atomic mass is 79.9. The van der Waals surface area contributed by atoms with Gasteiger partial charge in [0.2, 0.25) is 0 Å². The highest BCUT2D eigenvalue weighted by Crippen LogP contribution is 2.27. The standard InChI is InChI=1S/C14H22BrNO2/c1-11-9-13(15)10-12(2)14(11)18-8-7-17-6-5-16(3)4/h9-10H,5-8H2,1-4H3/p+1. The number of hydrogen-bond donors (Lipinski definition) is 1. The first-order valence-corrected chi connectivity index (χ1v) is 7.06. The molecule has 0 aliphatic heterocycles. The summed E-state index contributed by atoms with van der Waals surface area (Å²) in [5, 5.41) is 0. The minimum Gasteiger partial charge on any atom is -0.491 e. The van der Waals surface area contributed by atoms with Crippen LogP contribution in [0.25, 0.3) is 0 Å². The van der Waals surface area contributed by atoms with Gasteiger partial charge in [0.05, 0.1) is 27.3 Å². The molecule has 0 bridgehead atoms. The molecule has 0 aliphatic carbocycles. The molecule has 1 rings (SSSR count). The lowest BCUT2D eigenvalue weighted by molar-refractivity contribution is -0.858. The van der Waals surface area contributed by atoms with Crippen molar-refractivity contribution in [1.82, 2.24) is 0 Å². The highest BCUT2D eigenvalue weighted by molar-refractivity contribution is 9.10. The first-order valence-electron chi connectivity index (χ1n) is 6.27. The van der Waals surface area contributed by atoms with Crippen LogP contribution in [0, 0.1) is 13.8 Å². The summed E-state index contributed by atoms with van der Waals surface area (Å²) in [5.74, 6) is 0.972. The Morgan fingerprint density at radius 2 is 1.67 bits per heavy atom. The Labute approximate surface area is 118 Å². The monoisotopic (exact) mass is 316 g/mol. The van der Waals surface area contributed by atoms with E-state index >= 15 is 0 Å². The van der Waals surface area contributed by atoms with E-state index in [1.807, 2.05) is 0 Å². The molecular weight excluding hydrogens is 294 g/mol. The quantitative estimate of drug-likeness (QED) is 0.772. The summed E-state index contributed by atoms with van der Waals surface area (Å²) in [7, 11) is 4.24. The predicted molar refractivity (Wildman–Crippen MR) is 77.6 cm³/mol. The summed E-state index contributed by atoms with van der Waals surface area (Å²) in [4.78, 5) is 1.40. The molecule has 102 valence electrons. The molecule has 0 fully saturated rings. The third-order valence-electron chi connectivity index (χ3n) is 2.65. The van der Waals surface area contributed by atoms with Crippen molar-refractivity contribution < 1.29 is 14.4 Å². The minimum atomic E-state index is 0.603. The van der Waals surface area contributed by atoms with E-state index in [1.54, 1.807) is 0 Å². The van der Waals surface area contributed by atoms with Crippen molar-refractivity contribution in [2.45, 2.75) is 13.8 Å². The number of hydrogen-bond acceptors (Lipinski definition) is 2. The summed E-state index contributed by atoms with van der Waals surface area (Å²) in [5.41, 5.74) is 2.30. The maximum Gasteiger partial charge on any atom is 0.125 e. The van der Waals surface area contributed by atoms with Gasteiger partial charge in [0.25, 0.3) is 0 Å². The lowest BCUT2D eigenvalue weighted by atomic mass is 10.1. The maximum absolute atomic E-state index is 5.78. The Kier molecular flexibility index (Phi) is 6.68. The number of quaternary nitrogens is 1. The van der Waals surface area contributed by atoms with Crippen LogP contribution >= 0.6 is 15.9 Å². The molecule has 1 aromatic rings. The molecule has 0 unspecified atom stereocenters. The van der Waals surface area contributed by atoms with Gasteiger partial charge in [-0.25, -0.2) is 0 Å².